The molecule has 0 amide bonds. The summed E-state index contributed by atoms with van der Waals surface area (Å²) in [5.74, 6) is 0.131. The van der Waals surface area contributed by atoms with E-state index < -0.39 is 0 Å². The van der Waals surface area contributed by atoms with E-state index >= 15 is 0 Å². The molecule has 0 aromatic heterocycles. The lowest BCUT2D eigenvalue weighted by Gasteiger charge is -2.05. The first-order valence-electron chi connectivity index (χ1n) is 7.94. The fourth-order valence-electron chi connectivity index (χ4n) is 2.37. The van der Waals surface area contributed by atoms with E-state index in [-0.39, 0.29) is 5.75 Å². The number of aliphatic imine (C=N–C) groups is 2. The molecule has 0 heterocycles. The van der Waals surface area contributed by atoms with Gasteiger partial charge in [0, 0.05) is 33.6 Å². The first-order chi connectivity index (χ1) is 12.5. The molecule has 3 aromatic rings. The maximum absolute atomic E-state index is 10.5. The molecule has 3 rings (SSSR count). The Kier molecular flexibility index (Phi) is 5.71. The second-order valence-electron chi connectivity index (χ2n) is 5.76. The van der Waals surface area contributed by atoms with Crippen LogP contribution in [-0.4, -0.2) is 17.5 Å². The highest BCUT2D eigenvalue weighted by molar-refractivity contribution is 6.30. The van der Waals surface area contributed by atoms with Crippen molar-refractivity contribution in [2.24, 2.45) is 9.98 Å². The first-order valence-corrected chi connectivity index (χ1v) is 8.70. The summed E-state index contributed by atoms with van der Waals surface area (Å²) in [6, 6.07) is 18.1. The van der Waals surface area contributed by atoms with Crippen LogP contribution in [0.25, 0.3) is 0 Å². The van der Waals surface area contributed by atoms with E-state index in [9.17, 15) is 5.11 Å². The summed E-state index contributed by atoms with van der Waals surface area (Å²) in [6.45, 7) is 1.96. The van der Waals surface area contributed by atoms with E-state index in [1.54, 1.807) is 36.7 Å². The standard InChI is InChI=1S/C21H16Cl2N2O/c1-14-10-15(12-24-19-6-2-17(22)3-7-19)21(26)16(11-14)13-25-20-8-4-18(23)5-9-20/h2-13,26H,1H3. The third-order valence-corrected chi connectivity index (χ3v) is 4.18. The van der Waals surface area contributed by atoms with Gasteiger partial charge in [-0.3, -0.25) is 9.98 Å². The molecule has 0 aliphatic heterocycles. The van der Waals surface area contributed by atoms with Gasteiger partial charge in [-0.25, -0.2) is 0 Å². The van der Waals surface area contributed by atoms with E-state index in [1.165, 1.54) is 0 Å². The van der Waals surface area contributed by atoms with Gasteiger partial charge in [-0.05, 0) is 73.2 Å². The topological polar surface area (TPSA) is 45.0 Å². The number of nitrogens with zero attached hydrogens (tertiary/aromatic N) is 2. The van der Waals surface area contributed by atoms with Crippen LogP contribution in [0.5, 0.6) is 5.75 Å². The van der Waals surface area contributed by atoms with Crippen molar-refractivity contribution in [1.82, 2.24) is 0 Å². The molecule has 3 nitrogen and oxygen atoms in total. The Morgan fingerprint density at radius 2 is 1.12 bits per heavy atom. The lowest BCUT2D eigenvalue weighted by molar-refractivity contribution is 0.473. The van der Waals surface area contributed by atoms with Crippen LogP contribution in [-0.2, 0) is 0 Å². The molecule has 0 aliphatic carbocycles. The van der Waals surface area contributed by atoms with E-state index in [0.29, 0.717) is 21.2 Å². The Labute approximate surface area is 162 Å². The minimum absolute atomic E-state index is 0.131. The normalized spacial score (nSPS) is 11.5. The van der Waals surface area contributed by atoms with Gasteiger partial charge in [0.15, 0.2) is 0 Å². The van der Waals surface area contributed by atoms with Crippen molar-refractivity contribution >= 4 is 47.0 Å². The molecule has 0 fully saturated rings. The summed E-state index contributed by atoms with van der Waals surface area (Å²) in [5.41, 5.74) is 3.76. The highest BCUT2D eigenvalue weighted by atomic mass is 35.5. The van der Waals surface area contributed by atoms with Crippen molar-refractivity contribution in [2.75, 3.05) is 0 Å². The molecule has 0 spiro atoms. The summed E-state index contributed by atoms with van der Waals surface area (Å²) in [4.78, 5) is 8.77. The second kappa shape index (κ2) is 8.17. The summed E-state index contributed by atoms with van der Waals surface area (Å²) in [7, 11) is 0. The molecule has 1 N–H and O–H groups in total. The van der Waals surface area contributed by atoms with Gasteiger partial charge in [0.05, 0.1) is 11.4 Å². The Morgan fingerprint density at radius 1 is 0.731 bits per heavy atom. The Hall–Kier alpha value is -2.62. The zero-order chi connectivity index (χ0) is 18.5. The smallest absolute Gasteiger partial charge is 0.133 e. The van der Waals surface area contributed by atoms with Gasteiger partial charge in [0.25, 0.3) is 0 Å². The zero-order valence-electron chi connectivity index (χ0n) is 14.0. The van der Waals surface area contributed by atoms with E-state index in [4.69, 9.17) is 23.2 Å². The summed E-state index contributed by atoms with van der Waals surface area (Å²) >= 11 is 11.8. The van der Waals surface area contributed by atoms with Gasteiger partial charge in [-0.15, -0.1) is 0 Å². The molecular weight excluding hydrogens is 367 g/mol. The monoisotopic (exact) mass is 382 g/mol. The van der Waals surface area contributed by atoms with Gasteiger partial charge in [-0.1, -0.05) is 23.2 Å². The SMILES string of the molecule is Cc1cc(C=Nc2ccc(Cl)cc2)c(O)c(C=Nc2ccc(Cl)cc2)c1. The van der Waals surface area contributed by atoms with Crippen molar-refractivity contribution in [1.29, 1.82) is 0 Å². The molecule has 5 heteroatoms. The van der Waals surface area contributed by atoms with Gasteiger partial charge in [0.2, 0.25) is 0 Å². The third kappa shape index (κ3) is 4.72. The predicted molar refractivity (Wildman–Crippen MR) is 110 cm³/mol. The average Bonchev–Trinajstić information content (AvgIpc) is 2.63. The number of hydrogen-bond acceptors (Lipinski definition) is 3. The Balaban J connectivity index is 1.88. The van der Waals surface area contributed by atoms with Crippen LogP contribution in [0.2, 0.25) is 10.0 Å². The van der Waals surface area contributed by atoms with Gasteiger partial charge >= 0.3 is 0 Å². The fourth-order valence-corrected chi connectivity index (χ4v) is 2.63. The largest absolute Gasteiger partial charge is 0.507 e. The molecule has 0 bridgehead atoms. The maximum atomic E-state index is 10.5. The summed E-state index contributed by atoms with van der Waals surface area (Å²) in [5, 5.41) is 11.8. The molecule has 130 valence electrons. The molecule has 0 unspecified atom stereocenters. The van der Waals surface area contributed by atoms with Crippen LogP contribution < -0.4 is 0 Å². The van der Waals surface area contributed by atoms with Crippen molar-refractivity contribution < 1.29 is 5.11 Å². The molecule has 0 atom stereocenters. The highest BCUT2D eigenvalue weighted by Gasteiger charge is 2.06. The molecule has 0 aliphatic rings. The molecule has 0 saturated carbocycles. The van der Waals surface area contributed by atoms with Crippen LogP contribution >= 0.6 is 23.2 Å². The lowest BCUT2D eigenvalue weighted by Crippen LogP contribution is -1.91. The summed E-state index contributed by atoms with van der Waals surface area (Å²) < 4.78 is 0. The van der Waals surface area contributed by atoms with E-state index in [2.05, 4.69) is 9.98 Å². The van der Waals surface area contributed by atoms with E-state index in [1.807, 2.05) is 43.3 Å². The minimum Gasteiger partial charge on any atom is -0.507 e. The first kappa shape index (κ1) is 18.2. The Bertz CT molecular complexity index is 886. The minimum atomic E-state index is 0.131. The molecule has 26 heavy (non-hydrogen) atoms. The number of halogens is 2. The van der Waals surface area contributed by atoms with Crippen molar-refractivity contribution in [3.8, 4) is 5.75 Å². The van der Waals surface area contributed by atoms with Crippen molar-refractivity contribution in [3.05, 3.63) is 87.4 Å². The molecule has 0 radical (unpaired) electrons. The average molecular weight is 383 g/mol. The Morgan fingerprint density at radius 3 is 1.50 bits per heavy atom. The molecule has 3 aromatic carbocycles. The van der Waals surface area contributed by atoms with Crippen LogP contribution in [0.3, 0.4) is 0 Å². The third-order valence-electron chi connectivity index (χ3n) is 3.67. The van der Waals surface area contributed by atoms with Crippen LogP contribution in [0.4, 0.5) is 11.4 Å². The number of hydrogen-bond donors (Lipinski definition) is 1. The molecular formula is C21H16Cl2N2O. The van der Waals surface area contributed by atoms with Gasteiger partial charge in [-0.2, -0.15) is 0 Å². The summed E-state index contributed by atoms with van der Waals surface area (Å²) in [6.07, 6.45) is 3.26. The van der Waals surface area contributed by atoms with Crippen LogP contribution in [0.15, 0.2) is 70.6 Å². The fraction of sp³-hybridized carbons (Fsp3) is 0.0476. The van der Waals surface area contributed by atoms with Gasteiger partial charge in [0.1, 0.15) is 5.75 Å². The molecule has 0 saturated heterocycles. The predicted octanol–water partition coefficient (Wildman–Crippen LogP) is 6.51. The van der Waals surface area contributed by atoms with Crippen molar-refractivity contribution in [3.63, 3.8) is 0 Å². The number of aryl methyl sites for hydroxylation is 1. The van der Waals surface area contributed by atoms with Crippen molar-refractivity contribution in [2.45, 2.75) is 6.92 Å². The number of phenolic OH excluding ortho intramolecular Hbond substituents is 1. The van der Waals surface area contributed by atoms with E-state index in [0.717, 1.165) is 16.9 Å². The number of rotatable bonds is 4. The highest BCUT2D eigenvalue weighted by Crippen LogP contribution is 2.24. The van der Waals surface area contributed by atoms with Crippen LogP contribution in [0, 0.1) is 6.92 Å². The number of aromatic hydroxyl groups is 1. The maximum Gasteiger partial charge on any atom is 0.133 e. The number of phenols is 1. The van der Waals surface area contributed by atoms with Gasteiger partial charge < -0.3 is 5.11 Å². The van der Waals surface area contributed by atoms with Crippen LogP contribution in [0.1, 0.15) is 16.7 Å². The quantitative estimate of drug-likeness (QED) is 0.513. The second-order valence-corrected chi connectivity index (χ2v) is 6.63. The number of benzene rings is 3. The lowest BCUT2D eigenvalue weighted by atomic mass is 10.1. The zero-order valence-corrected chi connectivity index (χ0v) is 15.5.